The highest BCUT2D eigenvalue weighted by molar-refractivity contribution is 5.99. The van der Waals surface area contributed by atoms with E-state index < -0.39 is 0 Å². The standard InChI is InChI=1S/C22H24N2O3.ClH/c1-13(25)15-5-6-18-17(12-15)16-8-9-23-19(22(16)24-18)10-14-4-7-20(26-2)21(11-14)27-3;/h4-7,11-12,19,23-24H,8-10H2,1-3H3;1H. The molecular formula is C22H25ClN2O3. The van der Waals surface area contributed by atoms with E-state index in [0.29, 0.717) is 0 Å². The highest BCUT2D eigenvalue weighted by atomic mass is 35.5. The monoisotopic (exact) mass is 400 g/mol. The molecule has 0 saturated heterocycles. The first kappa shape index (κ1) is 20.2. The number of carbonyl (C=O) groups is 1. The molecule has 1 aliphatic rings. The molecule has 2 heterocycles. The summed E-state index contributed by atoms with van der Waals surface area (Å²) < 4.78 is 10.8. The Morgan fingerprint density at radius 3 is 2.61 bits per heavy atom. The smallest absolute Gasteiger partial charge is 0.160 e. The zero-order valence-electron chi connectivity index (χ0n) is 16.3. The summed E-state index contributed by atoms with van der Waals surface area (Å²) in [6, 6.07) is 12.2. The Morgan fingerprint density at radius 2 is 1.89 bits per heavy atom. The van der Waals surface area contributed by atoms with Crippen LogP contribution in [-0.2, 0) is 12.8 Å². The van der Waals surface area contributed by atoms with Gasteiger partial charge in [-0.25, -0.2) is 0 Å². The number of hydrogen-bond acceptors (Lipinski definition) is 4. The lowest BCUT2D eigenvalue weighted by molar-refractivity contribution is 0.101. The van der Waals surface area contributed by atoms with Gasteiger partial charge in [-0.1, -0.05) is 6.07 Å². The molecule has 2 N–H and O–H groups in total. The second kappa shape index (κ2) is 8.25. The summed E-state index contributed by atoms with van der Waals surface area (Å²) in [4.78, 5) is 15.3. The van der Waals surface area contributed by atoms with Crippen molar-refractivity contribution in [2.24, 2.45) is 0 Å². The molecule has 0 aliphatic carbocycles. The Morgan fingerprint density at radius 1 is 1.11 bits per heavy atom. The average molecular weight is 401 g/mol. The van der Waals surface area contributed by atoms with Gasteiger partial charge in [-0.05, 0) is 67.8 Å². The summed E-state index contributed by atoms with van der Waals surface area (Å²) >= 11 is 0. The molecule has 0 fully saturated rings. The number of benzene rings is 2. The maximum Gasteiger partial charge on any atom is 0.160 e. The minimum Gasteiger partial charge on any atom is -0.493 e. The zero-order valence-corrected chi connectivity index (χ0v) is 17.1. The quantitative estimate of drug-likeness (QED) is 0.629. The molecule has 1 atom stereocenters. The molecule has 4 rings (SSSR count). The molecule has 0 bridgehead atoms. The number of ether oxygens (including phenoxy) is 2. The van der Waals surface area contributed by atoms with E-state index in [9.17, 15) is 4.79 Å². The van der Waals surface area contributed by atoms with Crippen LogP contribution < -0.4 is 14.8 Å². The number of H-pyrrole nitrogens is 1. The topological polar surface area (TPSA) is 63.3 Å². The van der Waals surface area contributed by atoms with Crippen LogP contribution in [0.1, 0.15) is 40.1 Å². The van der Waals surface area contributed by atoms with Crippen LogP contribution in [0.4, 0.5) is 0 Å². The molecule has 0 saturated carbocycles. The van der Waals surface area contributed by atoms with Gasteiger partial charge in [0.15, 0.2) is 17.3 Å². The molecule has 0 amide bonds. The van der Waals surface area contributed by atoms with Gasteiger partial charge in [-0.15, -0.1) is 12.4 Å². The SMILES string of the molecule is COc1ccc(CC2NCCc3c2[nH]c2ccc(C(C)=O)cc32)cc1OC.Cl. The number of halogens is 1. The lowest BCUT2D eigenvalue weighted by atomic mass is 9.94. The number of Topliss-reactive ketones (excluding diaryl/α,β-unsaturated/α-hetero) is 1. The van der Waals surface area contributed by atoms with Crippen molar-refractivity contribution in [2.75, 3.05) is 20.8 Å². The van der Waals surface area contributed by atoms with Crippen LogP contribution in [-0.4, -0.2) is 31.5 Å². The van der Waals surface area contributed by atoms with Gasteiger partial charge in [0, 0.05) is 22.2 Å². The molecular weight excluding hydrogens is 376 g/mol. The van der Waals surface area contributed by atoms with E-state index in [1.165, 1.54) is 16.8 Å². The third kappa shape index (κ3) is 3.60. The van der Waals surface area contributed by atoms with Crippen LogP contribution in [0.3, 0.4) is 0 Å². The van der Waals surface area contributed by atoms with Crippen LogP contribution in [0.15, 0.2) is 36.4 Å². The van der Waals surface area contributed by atoms with Crippen molar-refractivity contribution < 1.29 is 14.3 Å². The van der Waals surface area contributed by atoms with E-state index in [4.69, 9.17) is 9.47 Å². The number of nitrogens with one attached hydrogen (secondary N) is 2. The van der Waals surface area contributed by atoms with Crippen molar-refractivity contribution in [1.82, 2.24) is 10.3 Å². The van der Waals surface area contributed by atoms with E-state index in [-0.39, 0.29) is 24.2 Å². The van der Waals surface area contributed by atoms with E-state index in [2.05, 4.69) is 16.4 Å². The predicted molar refractivity (Wildman–Crippen MR) is 113 cm³/mol. The Kier molecular flexibility index (Phi) is 5.96. The number of rotatable bonds is 5. The van der Waals surface area contributed by atoms with Crippen LogP contribution >= 0.6 is 12.4 Å². The van der Waals surface area contributed by atoms with Crippen LogP contribution in [0.2, 0.25) is 0 Å². The van der Waals surface area contributed by atoms with Gasteiger partial charge in [0.1, 0.15) is 0 Å². The number of fused-ring (bicyclic) bond motifs is 3. The minimum atomic E-state index is 0. The first-order valence-corrected chi connectivity index (χ1v) is 9.20. The molecule has 1 unspecified atom stereocenters. The second-order valence-electron chi connectivity index (χ2n) is 6.98. The number of ketones is 1. The molecule has 3 aromatic rings. The van der Waals surface area contributed by atoms with Crippen molar-refractivity contribution >= 4 is 29.1 Å². The van der Waals surface area contributed by atoms with Crippen molar-refractivity contribution in [1.29, 1.82) is 0 Å². The molecule has 5 nitrogen and oxygen atoms in total. The molecule has 6 heteroatoms. The molecule has 1 aromatic heterocycles. The molecule has 28 heavy (non-hydrogen) atoms. The Labute approximate surface area is 170 Å². The van der Waals surface area contributed by atoms with Crippen molar-refractivity contribution in [3.05, 3.63) is 58.8 Å². The maximum atomic E-state index is 11.8. The number of aromatic amines is 1. The summed E-state index contributed by atoms with van der Waals surface area (Å²) in [7, 11) is 3.30. The van der Waals surface area contributed by atoms with E-state index >= 15 is 0 Å². The number of carbonyl (C=O) groups excluding carboxylic acids is 1. The summed E-state index contributed by atoms with van der Waals surface area (Å²) in [6.45, 7) is 2.53. The van der Waals surface area contributed by atoms with Gasteiger partial charge < -0.3 is 19.8 Å². The molecule has 0 spiro atoms. The lowest BCUT2D eigenvalue weighted by Crippen LogP contribution is -2.31. The van der Waals surface area contributed by atoms with Crippen LogP contribution in [0.5, 0.6) is 11.5 Å². The van der Waals surface area contributed by atoms with E-state index in [0.717, 1.165) is 47.4 Å². The molecule has 1 aliphatic heterocycles. The molecule has 148 valence electrons. The fourth-order valence-electron chi connectivity index (χ4n) is 3.95. The lowest BCUT2D eigenvalue weighted by Gasteiger charge is -2.25. The third-order valence-corrected chi connectivity index (χ3v) is 5.35. The van der Waals surface area contributed by atoms with Crippen LogP contribution in [0, 0.1) is 0 Å². The average Bonchev–Trinajstić information content (AvgIpc) is 3.07. The summed E-state index contributed by atoms with van der Waals surface area (Å²) in [5, 5.41) is 4.78. The fraction of sp³-hybridized carbons (Fsp3) is 0.318. The Balaban J connectivity index is 0.00000225. The van der Waals surface area contributed by atoms with E-state index in [1.54, 1.807) is 21.1 Å². The summed E-state index contributed by atoms with van der Waals surface area (Å²) in [5.41, 5.74) is 5.57. The maximum absolute atomic E-state index is 11.8. The Hall–Kier alpha value is -2.50. The van der Waals surface area contributed by atoms with Gasteiger partial charge in [0.25, 0.3) is 0 Å². The highest BCUT2D eigenvalue weighted by Gasteiger charge is 2.24. The van der Waals surface area contributed by atoms with Crippen LogP contribution in [0.25, 0.3) is 10.9 Å². The van der Waals surface area contributed by atoms with E-state index in [1.807, 2.05) is 30.3 Å². The third-order valence-electron chi connectivity index (χ3n) is 5.35. The van der Waals surface area contributed by atoms with Gasteiger partial charge in [-0.2, -0.15) is 0 Å². The number of methoxy groups -OCH3 is 2. The summed E-state index contributed by atoms with van der Waals surface area (Å²) in [6.07, 6.45) is 1.80. The molecule has 0 radical (unpaired) electrons. The second-order valence-corrected chi connectivity index (χ2v) is 6.98. The predicted octanol–water partition coefficient (Wildman–Crippen LogP) is 4.24. The highest BCUT2D eigenvalue weighted by Crippen LogP contribution is 2.34. The van der Waals surface area contributed by atoms with Crippen molar-refractivity contribution in [3.63, 3.8) is 0 Å². The van der Waals surface area contributed by atoms with Gasteiger partial charge in [0.2, 0.25) is 0 Å². The van der Waals surface area contributed by atoms with Gasteiger partial charge in [0.05, 0.1) is 20.3 Å². The zero-order chi connectivity index (χ0) is 19.0. The molecule has 2 aromatic carbocycles. The Bertz CT molecular complexity index is 1010. The number of hydrogen-bond donors (Lipinski definition) is 2. The summed E-state index contributed by atoms with van der Waals surface area (Å²) in [5.74, 6) is 1.58. The van der Waals surface area contributed by atoms with Gasteiger partial charge >= 0.3 is 0 Å². The fourth-order valence-corrected chi connectivity index (χ4v) is 3.95. The number of aromatic nitrogens is 1. The van der Waals surface area contributed by atoms with Crippen molar-refractivity contribution in [3.8, 4) is 11.5 Å². The van der Waals surface area contributed by atoms with Gasteiger partial charge in [-0.3, -0.25) is 4.79 Å². The normalized spacial score (nSPS) is 15.6. The minimum absolute atomic E-state index is 0. The first-order valence-electron chi connectivity index (χ1n) is 9.20. The van der Waals surface area contributed by atoms with Crippen molar-refractivity contribution in [2.45, 2.75) is 25.8 Å². The first-order chi connectivity index (χ1) is 13.1. The largest absolute Gasteiger partial charge is 0.493 e.